The number of benzene rings is 2. The molecule has 0 fully saturated rings. The van der Waals surface area contributed by atoms with Gasteiger partial charge in [0.25, 0.3) is 0 Å². The molecule has 0 amide bonds. The standard InChI is InChI=1S/C30H36N4O2.Pt/c1-27(2)19-11-9-13-21(25(19)35)29(5,6)33-17-15-23(31-33)28(3,4)24-16-18-34(32-24)30(7,8)22-14-10-12-20(27)26(22)36;/h9-18,35-36H,1-8H3;. The van der Waals surface area contributed by atoms with Gasteiger partial charge in [0.2, 0.25) is 0 Å². The van der Waals surface area contributed by atoms with Crippen LogP contribution in [0.4, 0.5) is 0 Å². The molecule has 0 atom stereocenters. The average molecular weight is 680 g/mol. The minimum Gasteiger partial charge on any atom is -0.507 e. The fraction of sp³-hybridized carbons (Fsp3) is 0.400. The van der Waals surface area contributed by atoms with Gasteiger partial charge in [0.15, 0.2) is 0 Å². The van der Waals surface area contributed by atoms with E-state index in [4.69, 9.17) is 10.2 Å². The van der Waals surface area contributed by atoms with Crippen LogP contribution >= 0.6 is 0 Å². The number of rotatable bonds is 0. The van der Waals surface area contributed by atoms with E-state index in [-0.39, 0.29) is 32.6 Å². The fourth-order valence-corrected chi connectivity index (χ4v) is 5.54. The van der Waals surface area contributed by atoms with Crippen molar-refractivity contribution in [1.29, 1.82) is 0 Å². The van der Waals surface area contributed by atoms with Crippen LogP contribution in [0.15, 0.2) is 60.9 Å². The largest absolute Gasteiger partial charge is 0.507 e. The summed E-state index contributed by atoms with van der Waals surface area (Å²) in [7, 11) is 0. The first-order chi connectivity index (χ1) is 16.7. The molecule has 8 bridgehead atoms. The summed E-state index contributed by atoms with van der Waals surface area (Å²) in [6.45, 7) is 16.5. The number of nitrogens with zero attached hydrogens (tertiary/aromatic N) is 4. The van der Waals surface area contributed by atoms with E-state index >= 15 is 0 Å². The van der Waals surface area contributed by atoms with Crippen molar-refractivity contribution in [1.82, 2.24) is 19.6 Å². The van der Waals surface area contributed by atoms with Crippen LogP contribution in [0.25, 0.3) is 0 Å². The maximum Gasteiger partial charge on any atom is 0.125 e. The monoisotopic (exact) mass is 679 g/mol. The molecule has 4 aromatic rings. The van der Waals surface area contributed by atoms with E-state index in [9.17, 15) is 10.2 Å². The molecule has 1 aliphatic heterocycles. The molecule has 37 heavy (non-hydrogen) atoms. The molecule has 5 rings (SSSR count). The van der Waals surface area contributed by atoms with Gasteiger partial charge in [-0.05, 0) is 53.7 Å². The summed E-state index contributed by atoms with van der Waals surface area (Å²) in [5, 5.41) is 33.3. The van der Waals surface area contributed by atoms with Crippen LogP contribution < -0.4 is 0 Å². The molecule has 2 N–H and O–H groups in total. The number of aromatic nitrogens is 4. The molecule has 2 aromatic heterocycles. The van der Waals surface area contributed by atoms with Crippen LogP contribution in [0.1, 0.15) is 89.0 Å². The number of hydrogen-bond acceptors (Lipinski definition) is 4. The van der Waals surface area contributed by atoms with E-state index in [1.54, 1.807) is 0 Å². The molecule has 7 heteroatoms. The molecule has 0 saturated heterocycles. The minimum atomic E-state index is -0.671. The maximum absolute atomic E-state index is 11.7. The van der Waals surface area contributed by atoms with Gasteiger partial charge in [-0.25, -0.2) is 0 Å². The predicted molar refractivity (Wildman–Crippen MR) is 142 cm³/mol. The van der Waals surface area contributed by atoms with Crippen LogP contribution in [0.2, 0.25) is 0 Å². The molecule has 0 aliphatic carbocycles. The molecule has 0 radical (unpaired) electrons. The van der Waals surface area contributed by atoms with Crippen LogP contribution in [-0.4, -0.2) is 29.8 Å². The van der Waals surface area contributed by atoms with E-state index in [1.807, 2.05) is 84.1 Å². The van der Waals surface area contributed by atoms with Crippen molar-refractivity contribution in [2.45, 2.75) is 77.3 Å². The van der Waals surface area contributed by atoms with Gasteiger partial charge in [0.05, 0.1) is 27.9 Å². The summed E-state index contributed by atoms with van der Waals surface area (Å²) in [4.78, 5) is 0. The van der Waals surface area contributed by atoms with Gasteiger partial charge in [0.1, 0.15) is 11.5 Å². The summed E-state index contributed by atoms with van der Waals surface area (Å²) in [5.41, 5.74) is 2.48. The molecule has 3 heterocycles. The molecule has 1 aliphatic rings. The van der Waals surface area contributed by atoms with E-state index in [1.165, 1.54) is 0 Å². The third-order valence-electron chi connectivity index (χ3n) is 8.34. The smallest absolute Gasteiger partial charge is 0.125 e. The summed E-state index contributed by atoms with van der Waals surface area (Å²) >= 11 is 0. The molecule has 0 spiro atoms. The number of para-hydroxylation sites is 2. The van der Waals surface area contributed by atoms with Crippen molar-refractivity contribution < 1.29 is 31.3 Å². The Bertz CT molecular complexity index is 1370. The van der Waals surface area contributed by atoms with Gasteiger partial charge in [-0.2, -0.15) is 10.2 Å². The topological polar surface area (TPSA) is 76.1 Å². The SMILES string of the molecule is CC1(C)c2ccn(n2)C(C)(C)c2cccc(c2O)C(C)(C)c2cccc(c2O)C(C)(C)n2ccc1n2.[Pt]. The van der Waals surface area contributed by atoms with Gasteiger partial charge in [0, 0.05) is 61.1 Å². The summed E-state index contributed by atoms with van der Waals surface area (Å²) in [6, 6.07) is 15.8. The second-order valence-corrected chi connectivity index (χ2v) is 12.1. The first-order valence-corrected chi connectivity index (χ1v) is 12.5. The van der Waals surface area contributed by atoms with Crippen LogP contribution in [0, 0.1) is 0 Å². The zero-order chi connectivity index (χ0) is 26.3. The van der Waals surface area contributed by atoms with E-state index in [0.29, 0.717) is 0 Å². The Balaban J connectivity index is 0.00000320. The van der Waals surface area contributed by atoms with E-state index < -0.39 is 21.9 Å². The summed E-state index contributed by atoms with van der Waals surface area (Å²) in [5.74, 6) is 0.435. The molecular weight excluding hydrogens is 643 g/mol. The quantitative estimate of drug-likeness (QED) is 0.239. The van der Waals surface area contributed by atoms with Crippen LogP contribution in [-0.2, 0) is 43.0 Å². The Morgan fingerprint density at radius 3 is 1.27 bits per heavy atom. The Morgan fingerprint density at radius 1 is 0.541 bits per heavy atom. The summed E-state index contributed by atoms with van der Waals surface area (Å²) < 4.78 is 3.83. The van der Waals surface area contributed by atoms with Crippen molar-refractivity contribution in [3.63, 3.8) is 0 Å². The molecule has 2 aromatic carbocycles. The van der Waals surface area contributed by atoms with Gasteiger partial charge in [-0.1, -0.05) is 50.2 Å². The van der Waals surface area contributed by atoms with Gasteiger partial charge >= 0.3 is 0 Å². The molecule has 198 valence electrons. The van der Waals surface area contributed by atoms with E-state index in [0.717, 1.165) is 33.6 Å². The van der Waals surface area contributed by atoms with Crippen molar-refractivity contribution in [2.24, 2.45) is 0 Å². The zero-order valence-corrected chi connectivity index (χ0v) is 25.0. The second-order valence-electron chi connectivity index (χ2n) is 12.1. The first-order valence-electron chi connectivity index (χ1n) is 12.5. The minimum absolute atomic E-state index is 0. The number of phenolic OH excluding ortho intramolecular Hbond substituents is 2. The Labute approximate surface area is 233 Å². The fourth-order valence-electron chi connectivity index (χ4n) is 5.54. The van der Waals surface area contributed by atoms with Gasteiger partial charge in [-0.3, -0.25) is 9.36 Å². The number of fused-ring (bicyclic) bond motifs is 8. The van der Waals surface area contributed by atoms with Crippen molar-refractivity contribution >= 4 is 0 Å². The Kier molecular flexibility index (Phi) is 6.31. The Morgan fingerprint density at radius 2 is 0.892 bits per heavy atom. The van der Waals surface area contributed by atoms with Gasteiger partial charge < -0.3 is 10.2 Å². The molecule has 0 saturated carbocycles. The second kappa shape index (κ2) is 8.59. The predicted octanol–water partition coefficient (Wildman–Crippen LogP) is 6.02. The van der Waals surface area contributed by atoms with Crippen molar-refractivity contribution in [2.75, 3.05) is 0 Å². The first kappa shape index (κ1) is 27.2. The Hall–Kier alpha value is -2.85. The third kappa shape index (κ3) is 3.87. The zero-order valence-electron chi connectivity index (χ0n) is 22.8. The summed E-state index contributed by atoms with van der Waals surface area (Å²) in [6.07, 6.45) is 3.95. The molecule has 6 nitrogen and oxygen atoms in total. The van der Waals surface area contributed by atoms with Crippen LogP contribution in [0.5, 0.6) is 11.5 Å². The number of hydrogen-bond donors (Lipinski definition) is 2. The molecule has 0 unspecified atom stereocenters. The number of aromatic hydroxyl groups is 2. The van der Waals surface area contributed by atoms with Gasteiger partial charge in [-0.15, -0.1) is 0 Å². The molecular formula is C30H36N4O2Pt. The van der Waals surface area contributed by atoms with Crippen LogP contribution in [0.3, 0.4) is 0 Å². The normalized spacial score (nSPS) is 18.6. The number of phenols is 2. The third-order valence-corrected chi connectivity index (χ3v) is 8.34. The average Bonchev–Trinajstić information content (AvgIpc) is 3.50. The van der Waals surface area contributed by atoms with Crippen molar-refractivity contribution in [3.05, 3.63) is 94.6 Å². The van der Waals surface area contributed by atoms with E-state index in [2.05, 4.69) is 41.5 Å². The maximum atomic E-state index is 11.7. The van der Waals surface area contributed by atoms with Crippen molar-refractivity contribution in [3.8, 4) is 11.5 Å².